The van der Waals surface area contributed by atoms with Crippen LogP contribution in [0.2, 0.25) is 0 Å². The van der Waals surface area contributed by atoms with Crippen molar-refractivity contribution in [1.29, 1.82) is 0 Å². The van der Waals surface area contributed by atoms with Gasteiger partial charge in [0.2, 0.25) is 5.91 Å². The number of carbonyl (C=O) groups is 1. The van der Waals surface area contributed by atoms with E-state index in [0.717, 1.165) is 18.4 Å². The number of amides is 1. The Balaban J connectivity index is 1.75. The summed E-state index contributed by atoms with van der Waals surface area (Å²) in [6.07, 6.45) is 6.83. The zero-order chi connectivity index (χ0) is 12.1. The van der Waals surface area contributed by atoms with Gasteiger partial charge in [-0.1, -0.05) is 0 Å². The van der Waals surface area contributed by atoms with Crippen molar-refractivity contribution in [2.75, 3.05) is 6.61 Å². The Morgan fingerprint density at radius 3 is 2.76 bits per heavy atom. The molecule has 0 aromatic carbocycles. The van der Waals surface area contributed by atoms with Crippen LogP contribution in [0, 0.1) is 0 Å². The Morgan fingerprint density at radius 1 is 1.47 bits per heavy atom. The molecule has 0 spiro atoms. The summed E-state index contributed by atoms with van der Waals surface area (Å²) in [6.45, 7) is 2.45. The van der Waals surface area contributed by atoms with Crippen molar-refractivity contribution in [2.24, 2.45) is 0 Å². The maximum atomic E-state index is 11.5. The third-order valence-corrected chi connectivity index (χ3v) is 2.54. The van der Waals surface area contributed by atoms with E-state index < -0.39 is 0 Å². The van der Waals surface area contributed by atoms with Crippen LogP contribution in [0.15, 0.2) is 12.4 Å². The Hall–Kier alpha value is -1.65. The fourth-order valence-corrected chi connectivity index (χ4v) is 1.46. The highest BCUT2D eigenvalue weighted by molar-refractivity contribution is 5.76. The number of rotatable bonds is 6. The second-order valence-corrected chi connectivity index (χ2v) is 4.15. The van der Waals surface area contributed by atoms with E-state index >= 15 is 0 Å². The van der Waals surface area contributed by atoms with Crippen LogP contribution in [0.5, 0.6) is 6.01 Å². The Morgan fingerprint density at radius 2 is 2.18 bits per heavy atom. The van der Waals surface area contributed by atoms with Crippen LogP contribution < -0.4 is 10.1 Å². The van der Waals surface area contributed by atoms with Gasteiger partial charge in [-0.3, -0.25) is 4.79 Å². The predicted molar refractivity (Wildman–Crippen MR) is 62.7 cm³/mol. The molecule has 0 bridgehead atoms. The minimum absolute atomic E-state index is 0.112. The lowest BCUT2D eigenvalue weighted by Crippen LogP contribution is -2.25. The van der Waals surface area contributed by atoms with E-state index in [4.69, 9.17) is 4.74 Å². The maximum Gasteiger partial charge on any atom is 0.316 e. The number of ether oxygens (including phenoxy) is 1. The molecule has 5 nitrogen and oxygen atoms in total. The Kier molecular flexibility index (Phi) is 3.90. The molecule has 1 aromatic heterocycles. The van der Waals surface area contributed by atoms with Crippen molar-refractivity contribution in [2.45, 2.75) is 38.6 Å². The predicted octanol–water partition coefficient (Wildman–Crippen LogP) is 1.09. The number of hydrogen-bond donors (Lipinski definition) is 1. The normalized spacial score (nSPS) is 14.4. The van der Waals surface area contributed by atoms with Gasteiger partial charge in [-0.25, -0.2) is 9.97 Å². The molecule has 1 aliphatic carbocycles. The zero-order valence-electron chi connectivity index (χ0n) is 9.98. The SMILES string of the molecule is CCOc1ncc(CCC(=O)NC2CC2)cn1. The summed E-state index contributed by atoms with van der Waals surface area (Å²) in [5.41, 5.74) is 0.958. The summed E-state index contributed by atoms with van der Waals surface area (Å²) in [5, 5.41) is 2.95. The van der Waals surface area contributed by atoms with Gasteiger partial charge in [-0.05, 0) is 31.7 Å². The molecule has 5 heteroatoms. The van der Waals surface area contributed by atoms with Gasteiger partial charge in [0, 0.05) is 24.9 Å². The average molecular weight is 235 g/mol. The van der Waals surface area contributed by atoms with Crippen molar-refractivity contribution >= 4 is 5.91 Å². The molecule has 0 aliphatic heterocycles. The Labute approximate surface area is 101 Å². The summed E-state index contributed by atoms with van der Waals surface area (Å²) in [7, 11) is 0. The van der Waals surface area contributed by atoms with Gasteiger partial charge in [0.05, 0.1) is 6.61 Å². The largest absolute Gasteiger partial charge is 0.464 e. The number of aryl methyl sites for hydroxylation is 1. The number of aromatic nitrogens is 2. The standard InChI is InChI=1S/C12H17N3O2/c1-2-17-12-13-7-9(8-14-12)3-6-11(16)15-10-4-5-10/h7-8,10H,2-6H2,1H3,(H,15,16). The molecule has 2 rings (SSSR count). The highest BCUT2D eigenvalue weighted by Gasteiger charge is 2.22. The minimum Gasteiger partial charge on any atom is -0.464 e. The highest BCUT2D eigenvalue weighted by Crippen LogP contribution is 2.18. The lowest BCUT2D eigenvalue weighted by atomic mass is 10.2. The molecule has 92 valence electrons. The molecule has 0 saturated heterocycles. The van der Waals surface area contributed by atoms with Crippen molar-refractivity contribution < 1.29 is 9.53 Å². The van der Waals surface area contributed by atoms with Crippen molar-refractivity contribution in [3.63, 3.8) is 0 Å². The number of nitrogens with zero attached hydrogens (tertiary/aromatic N) is 2. The first kappa shape index (κ1) is 11.8. The van der Waals surface area contributed by atoms with Crippen LogP contribution in [-0.2, 0) is 11.2 Å². The number of nitrogens with one attached hydrogen (secondary N) is 1. The molecule has 1 aliphatic rings. The van der Waals surface area contributed by atoms with E-state index in [2.05, 4.69) is 15.3 Å². The van der Waals surface area contributed by atoms with Crippen LogP contribution in [0.25, 0.3) is 0 Å². The first-order chi connectivity index (χ1) is 8.28. The van der Waals surface area contributed by atoms with E-state index in [1.54, 1.807) is 12.4 Å². The monoisotopic (exact) mass is 235 g/mol. The molecule has 1 amide bonds. The third-order valence-electron chi connectivity index (χ3n) is 2.54. The molecule has 1 fully saturated rings. The van der Waals surface area contributed by atoms with Crippen LogP contribution in [-0.4, -0.2) is 28.5 Å². The van der Waals surface area contributed by atoms with Crippen LogP contribution in [0.1, 0.15) is 31.7 Å². The summed E-state index contributed by atoms with van der Waals surface area (Å²) >= 11 is 0. The van der Waals surface area contributed by atoms with Crippen LogP contribution in [0.4, 0.5) is 0 Å². The fraction of sp³-hybridized carbons (Fsp3) is 0.583. The van der Waals surface area contributed by atoms with E-state index in [-0.39, 0.29) is 5.91 Å². The second-order valence-electron chi connectivity index (χ2n) is 4.15. The van der Waals surface area contributed by atoms with Crippen LogP contribution >= 0.6 is 0 Å². The number of carbonyl (C=O) groups excluding carboxylic acids is 1. The third kappa shape index (κ3) is 4.01. The molecule has 1 aromatic rings. The molecule has 0 radical (unpaired) electrons. The minimum atomic E-state index is 0.112. The van der Waals surface area contributed by atoms with Crippen molar-refractivity contribution in [3.8, 4) is 6.01 Å². The molecular weight excluding hydrogens is 218 g/mol. The molecule has 1 N–H and O–H groups in total. The quantitative estimate of drug-likeness (QED) is 0.801. The van der Waals surface area contributed by atoms with E-state index in [1.807, 2.05) is 6.92 Å². The summed E-state index contributed by atoms with van der Waals surface area (Å²) in [6, 6.07) is 0.817. The number of hydrogen-bond acceptors (Lipinski definition) is 4. The van der Waals surface area contributed by atoms with E-state index in [1.165, 1.54) is 0 Å². The van der Waals surface area contributed by atoms with Gasteiger partial charge in [0.25, 0.3) is 0 Å². The van der Waals surface area contributed by atoms with Gasteiger partial charge in [-0.2, -0.15) is 0 Å². The lowest BCUT2D eigenvalue weighted by Gasteiger charge is -2.04. The fourth-order valence-electron chi connectivity index (χ4n) is 1.46. The van der Waals surface area contributed by atoms with Gasteiger partial charge in [-0.15, -0.1) is 0 Å². The average Bonchev–Trinajstić information content (AvgIpc) is 3.12. The summed E-state index contributed by atoms with van der Waals surface area (Å²) in [4.78, 5) is 19.6. The van der Waals surface area contributed by atoms with E-state index in [0.29, 0.717) is 31.5 Å². The van der Waals surface area contributed by atoms with Gasteiger partial charge in [0.1, 0.15) is 0 Å². The molecule has 17 heavy (non-hydrogen) atoms. The molecular formula is C12H17N3O2. The van der Waals surface area contributed by atoms with E-state index in [9.17, 15) is 4.79 Å². The smallest absolute Gasteiger partial charge is 0.316 e. The first-order valence-corrected chi connectivity index (χ1v) is 6.01. The van der Waals surface area contributed by atoms with Gasteiger partial charge < -0.3 is 10.1 Å². The topological polar surface area (TPSA) is 64.1 Å². The summed E-state index contributed by atoms with van der Waals surface area (Å²) in [5.74, 6) is 0.112. The van der Waals surface area contributed by atoms with Crippen molar-refractivity contribution in [1.82, 2.24) is 15.3 Å². The first-order valence-electron chi connectivity index (χ1n) is 6.01. The summed E-state index contributed by atoms with van der Waals surface area (Å²) < 4.78 is 5.15. The molecule has 0 atom stereocenters. The lowest BCUT2D eigenvalue weighted by molar-refractivity contribution is -0.121. The molecule has 1 saturated carbocycles. The Bertz CT molecular complexity index is 374. The zero-order valence-corrected chi connectivity index (χ0v) is 9.98. The van der Waals surface area contributed by atoms with Gasteiger partial charge in [0.15, 0.2) is 0 Å². The van der Waals surface area contributed by atoms with Gasteiger partial charge >= 0.3 is 6.01 Å². The van der Waals surface area contributed by atoms with Crippen LogP contribution in [0.3, 0.4) is 0 Å². The second kappa shape index (κ2) is 5.61. The highest BCUT2D eigenvalue weighted by atomic mass is 16.5. The molecule has 0 unspecified atom stereocenters. The molecule has 1 heterocycles. The maximum absolute atomic E-state index is 11.5. The van der Waals surface area contributed by atoms with Crippen molar-refractivity contribution in [3.05, 3.63) is 18.0 Å².